The Morgan fingerprint density at radius 2 is 2.22 bits per heavy atom. The highest BCUT2D eigenvalue weighted by atomic mass is 32.1. The molecule has 0 saturated heterocycles. The first-order chi connectivity index (χ1) is 8.49. The minimum absolute atomic E-state index is 0.0784. The highest BCUT2D eigenvalue weighted by molar-refractivity contribution is 7.09. The van der Waals surface area contributed by atoms with Gasteiger partial charge in [0.15, 0.2) is 0 Å². The van der Waals surface area contributed by atoms with Crippen molar-refractivity contribution in [3.8, 4) is 5.75 Å². The minimum Gasteiger partial charge on any atom is -0.508 e. The normalized spacial score (nSPS) is 11.2. The van der Waals surface area contributed by atoms with Gasteiger partial charge in [0.1, 0.15) is 10.8 Å². The van der Waals surface area contributed by atoms with Gasteiger partial charge in [0.2, 0.25) is 0 Å². The van der Waals surface area contributed by atoms with Crippen LogP contribution in [0.25, 0.3) is 0 Å². The first kappa shape index (κ1) is 12.6. The van der Waals surface area contributed by atoms with Crippen molar-refractivity contribution in [1.82, 2.24) is 10.3 Å². The number of rotatable bonds is 3. The maximum absolute atomic E-state index is 12.1. The SMILES string of the molecule is CC(C)(NC(=O)c1cccc(O)c1)c1nccs1. The molecule has 0 aliphatic carbocycles. The lowest BCUT2D eigenvalue weighted by molar-refractivity contribution is 0.0911. The smallest absolute Gasteiger partial charge is 0.252 e. The predicted octanol–water partition coefficient (Wildman–Crippen LogP) is 2.51. The lowest BCUT2D eigenvalue weighted by Crippen LogP contribution is -2.40. The summed E-state index contributed by atoms with van der Waals surface area (Å²) < 4.78 is 0. The van der Waals surface area contributed by atoms with Crippen LogP contribution in [0.5, 0.6) is 5.75 Å². The maximum atomic E-state index is 12.1. The van der Waals surface area contributed by atoms with Crippen LogP contribution in [-0.2, 0) is 5.54 Å². The number of nitrogens with zero attached hydrogens (tertiary/aromatic N) is 1. The van der Waals surface area contributed by atoms with Crippen LogP contribution < -0.4 is 5.32 Å². The van der Waals surface area contributed by atoms with Crippen LogP contribution in [0, 0.1) is 0 Å². The van der Waals surface area contributed by atoms with Crippen LogP contribution in [0.1, 0.15) is 29.2 Å². The van der Waals surface area contributed by atoms with Crippen LogP contribution in [0.4, 0.5) is 0 Å². The van der Waals surface area contributed by atoms with Crippen LogP contribution in [-0.4, -0.2) is 16.0 Å². The number of carbonyl (C=O) groups is 1. The van der Waals surface area contributed by atoms with Gasteiger partial charge in [-0.15, -0.1) is 11.3 Å². The quantitative estimate of drug-likeness (QED) is 0.893. The van der Waals surface area contributed by atoms with Crippen molar-refractivity contribution in [1.29, 1.82) is 0 Å². The molecule has 1 aromatic heterocycles. The lowest BCUT2D eigenvalue weighted by atomic mass is 10.1. The zero-order valence-corrected chi connectivity index (χ0v) is 11.0. The fraction of sp³-hybridized carbons (Fsp3) is 0.231. The molecule has 0 aliphatic rings. The summed E-state index contributed by atoms with van der Waals surface area (Å²) in [7, 11) is 0. The maximum Gasteiger partial charge on any atom is 0.252 e. The van der Waals surface area contributed by atoms with Gasteiger partial charge in [0, 0.05) is 17.1 Å². The first-order valence-electron chi connectivity index (χ1n) is 5.50. The van der Waals surface area contributed by atoms with E-state index in [0.29, 0.717) is 5.56 Å². The third kappa shape index (κ3) is 2.68. The molecule has 1 amide bonds. The number of hydrogen-bond acceptors (Lipinski definition) is 4. The number of aromatic nitrogens is 1. The Balaban J connectivity index is 2.17. The number of aromatic hydroxyl groups is 1. The molecule has 5 heteroatoms. The van der Waals surface area contributed by atoms with Gasteiger partial charge in [-0.1, -0.05) is 6.07 Å². The molecule has 0 saturated carbocycles. The van der Waals surface area contributed by atoms with Gasteiger partial charge < -0.3 is 10.4 Å². The Bertz CT molecular complexity index is 550. The summed E-state index contributed by atoms with van der Waals surface area (Å²) in [5.41, 5.74) is -0.101. The second-order valence-corrected chi connectivity index (χ2v) is 5.36. The zero-order chi connectivity index (χ0) is 13.2. The fourth-order valence-corrected chi connectivity index (χ4v) is 2.31. The van der Waals surface area contributed by atoms with Crippen molar-refractivity contribution in [2.75, 3.05) is 0 Å². The summed E-state index contributed by atoms with van der Waals surface area (Å²) in [6, 6.07) is 6.27. The number of carbonyl (C=O) groups excluding carboxylic acids is 1. The Kier molecular flexibility index (Phi) is 3.34. The second-order valence-electron chi connectivity index (χ2n) is 4.47. The number of amides is 1. The highest BCUT2D eigenvalue weighted by Gasteiger charge is 2.25. The van der Waals surface area contributed by atoms with Gasteiger partial charge in [0.05, 0.1) is 5.54 Å². The molecule has 0 unspecified atom stereocenters. The second kappa shape index (κ2) is 4.78. The molecule has 4 nitrogen and oxygen atoms in total. The molecule has 0 aliphatic heterocycles. The van der Waals surface area contributed by atoms with E-state index in [1.54, 1.807) is 18.3 Å². The summed E-state index contributed by atoms with van der Waals surface area (Å²) in [5, 5.41) is 15.0. The number of nitrogens with one attached hydrogen (secondary N) is 1. The van der Waals surface area contributed by atoms with Crippen molar-refractivity contribution in [3.05, 3.63) is 46.4 Å². The van der Waals surface area contributed by atoms with Crippen LogP contribution in [0.2, 0.25) is 0 Å². The molecule has 94 valence electrons. The standard InChI is InChI=1S/C13H14N2O2S/c1-13(2,12-14-6-7-18-12)15-11(17)9-4-3-5-10(16)8-9/h3-8,16H,1-2H3,(H,15,17). The summed E-state index contributed by atoms with van der Waals surface area (Å²) in [6.45, 7) is 3.79. The summed E-state index contributed by atoms with van der Waals surface area (Å²) in [5.74, 6) is -0.152. The predicted molar refractivity (Wildman–Crippen MR) is 70.7 cm³/mol. The van der Waals surface area contributed by atoms with E-state index in [9.17, 15) is 9.90 Å². The van der Waals surface area contributed by atoms with E-state index >= 15 is 0 Å². The summed E-state index contributed by atoms with van der Waals surface area (Å²) >= 11 is 1.49. The largest absolute Gasteiger partial charge is 0.508 e. The molecule has 2 aromatic rings. The first-order valence-corrected chi connectivity index (χ1v) is 6.38. The molecule has 2 rings (SSSR count). The fourth-order valence-electron chi connectivity index (χ4n) is 1.59. The highest BCUT2D eigenvalue weighted by Crippen LogP contribution is 2.22. The van der Waals surface area contributed by atoms with E-state index in [4.69, 9.17) is 0 Å². The number of phenols is 1. The van der Waals surface area contributed by atoms with Crippen molar-refractivity contribution in [2.24, 2.45) is 0 Å². The van der Waals surface area contributed by atoms with Gasteiger partial charge in [-0.25, -0.2) is 4.98 Å². The topological polar surface area (TPSA) is 62.2 Å². The Morgan fingerprint density at radius 3 is 2.83 bits per heavy atom. The zero-order valence-electron chi connectivity index (χ0n) is 10.2. The molecule has 0 atom stereocenters. The third-order valence-corrected chi connectivity index (χ3v) is 3.60. The average Bonchev–Trinajstić information content (AvgIpc) is 2.82. The van der Waals surface area contributed by atoms with E-state index in [1.807, 2.05) is 19.2 Å². The van der Waals surface area contributed by atoms with E-state index in [0.717, 1.165) is 5.01 Å². The lowest BCUT2D eigenvalue weighted by Gasteiger charge is -2.23. The molecule has 1 aromatic carbocycles. The Morgan fingerprint density at radius 1 is 1.44 bits per heavy atom. The monoisotopic (exact) mass is 262 g/mol. The minimum atomic E-state index is -0.531. The molecule has 0 spiro atoms. The molecule has 0 bridgehead atoms. The summed E-state index contributed by atoms with van der Waals surface area (Å²) in [4.78, 5) is 16.3. The van der Waals surface area contributed by atoms with Gasteiger partial charge >= 0.3 is 0 Å². The van der Waals surface area contributed by atoms with E-state index in [2.05, 4.69) is 10.3 Å². The Labute approximate surface area is 109 Å². The number of benzene rings is 1. The molecule has 0 radical (unpaired) electrons. The van der Waals surface area contributed by atoms with E-state index in [-0.39, 0.29) is 11.7 Å². The van der Waals surface area contributed by atoms with Crippen LogP contribution in [0.15, 0.2) is 35.8 Å². The van der Waals surface area contributed by atoms with Crippen LogP contribution >= 0.6 is 11.3 Å². The van der Waals surface area contributed by atoms with Crippen molar-refractivity contribution in [2.45, 2.75) is 19.4 Å². The van der Waals surface area contributed by atoms with Gasteiger partial charge in [0.25, 0.3) is 5.91 Å². The van der Waals surface area contributed by atoms with Crippen LogP contribution in [0.3, 0.4) is 0 Å². The van der Waals surface area contributed by atoms with Gasteiger partial charge in [-0.3, -0.25) is 4.79 Å². The number of hydrogen-bond donors (Lipinski definition) is 2. The summed E-state index contributed by atoms with van der Waals surface area (Å²) in [6.07, 6.45) is 1.71. The molecule has 2 N–H and O–H groups in total. The van der Waals surface area contributed by atoms with Gasteiger partial charge in [-0.05, 0) is 32.0 Å². The van der Waals surface area contributed by atoms with E-state index in [1.165, 1.54) is 23.5 Å². The Hall–Kier alpha value is -1.88. The van der Waals surface area contributed by atoms with Gasteiger partial charge in [-0.2, -0.15) is 0 Å². The number of thiazole rings is 1. The third-order valence-electron chi connectivity index (χ3n) is 2.50. The number of phenolic OH excluding ortho intramolecular Hbond substituents is 1. The van der Waals surface area contributed by atoms with Crippen molar-refractivity contribution >= 4 is 17.2 Å². The van der Waals surface area contributed by atoms with Crippen molar-refractivity contribution < 1.29 is 9.90 Å². The molecule has 1 heterocycles. The molecular weight excluding hydrogens is 248 g/mol. The molecular formula is C13H14N2O2S. The molecule has 18 heavy (non-hydrogen) atoms. The van der Waals surface area contributed by atoms with E-state index < -0.39 is 5.54 Å². The molecule has 0 fully saturated rings. The average molecular weight is 262 g/mol. The van der Waals surface area contributed by atoms with Crippen molar-refractivity contribution in [3.63, 3.8) is 0 Å².